The summed E-state index contributed by atoms with van der Waals surface area (Å²) in [5.41, 5.74) is 12.7. The molecule has 12 aromatic rings. The summed E-state index contributed by atoms with van der Waals surface area (Å²) in [6.07, 6.45) is 5.06. The number of hydrogen-bond acceptors (Lipinski definition) is 2. The number of hydrogen-bond donors (Lipinski definition) is 0. The van der Waals surface area contributed by atoms with Gasteiger partial charge in [-0.2, -0.15) is 0 Å². The second kappa shape index (κ2) is 12.2. The minimum absolute atomic E-state index is 0.997. The molecule has 0 N–H and O–H groups in total. The molecule has 0 aliphatic heterocycles. The van der Waals surface area contributed by atoms with Crippen LogP contribution >= 0.6 is 11.3 Å². The average Bonchev–Trinajstić information content (AvgIpc) is 3.84. The Labute approximate surface area is 339 Å². The molecular weight excluding hydrogens is 719 g/mol. The number of fused-ring (bicyclic) bond motifs is 14. The van der Waals surface area contributed by atoms with Crippen LogP contribution in [0.1, 0.15) is 11.1 Å². The highest BCUT2D eigenvalue weighted by molar-refractivity contribution is 7.26. The number of rotatable bonds is 3. The lowest BCUT2D eigenvalue weighted by Crippen LogP contribution is -1.92. The van der Waals surface area contributed by atoms with Crippen LogP contribution in [0.4, 0.5) is 0 Å². The number of thiophene rings is 1. The van der Waals surface area contributed by atoms with E-state index in [0.717, 1.165) is 17.5 Å². The molecule has 2 heterocycles. The fraction of sp³-hybridized carbons (Fsp3) is 0.0179. The SMILES string of the molecule is c1ccc2c(c1)Cc1ccc(-c3c4ccccc4c(-c4cncc(-c5ccc6c(c5)sc5cc7c8ccccc8c8ccccc8c7cc56)c4)c4ccccc34)cc1-2. The maximum Gasteiger partial charge on any atom is 0.0362 e. The van der Waals surface area contributed by atoms with Gasteiger partial charge in [0.1, 0.15) is 0 Å². The van der Waals surface area contributed by atoms with E-state index in [4.69, 9.17) is 4.98 Å². The van der Waals surface area contributed by atoms with Crippen molar-refractivity contribution < 1.29 is 0 Å². The van der Waals surface area contributed by atoms with E-state index in [-0.39, 0.29) is 0 Å². The summed E-state index contributed by atoms with van der Waals surface area (Å²) in [6, 6.07) is 65.7. The van der Waals surface area contributed by atoms with Crippen molar-refractivity contribution in [1.82, 2.24) is 4.98 Å². The third kappa shape index (κ3) is 4.61. The molecule has 0 fully saturated rings. The zero-order chi connectivity index (χ0) is 37.9. The molecule has 2 aromatic heterocycles. The summed E-state index contributed by atoms with van der Waals surface area (Å²) in [4.78, 5) is 4.91. The molecule has 0 saturated carbocycles. The van der Waals surface area contributed by atoms with E-state index >= 15 is 0 Å². The van der Waals surface area contributed by atoms with Gasteiger partial charge in [-0.3, -0.25) is 4.98 Å². The summed E-state index contributed by atoms with van der Waals surface area (Å²) in [5, 5.41) is 15.5. The average molecular weight is 752 g/mol. The molecule has 1 aliphatic carbocycles. The van der Waals surface area contributed by atoms with Crippen LogP contribution in [-0.2, 0) is 6.42 Å². The molecule has 0 unspecified atom stereocenters. The summed E-state index contributed by atoms with van der Waals surface area (Å²) >= 11 is 1.89. The number of aromatic nitrogens is 1. The van der Waals surface area contributed by atoms with E-state index in [1.807, 2.05) is 23.7 Å². The summed E-state index contributed by atoms with van der Waals surface area (Å²) in [5.74, 6) is 0. The molecule has 0 amide bonds. The van der Waals surface area contributed by atoms with Crippen LogP contribution in [0, 0.1) is 0 Å². The number of benzene rings is 10. The lowest BCUT2D eigenvalue weighted by atomic mass is 9.85. The molecule has 13 rings (SSSR count). The molecule has 2 heteroatoms. The Kier molecular flexibility index (Phi) is 6.72. The quantitative estimate of drug-likeness (QED) is 0.129. The Balaban J connectivity index is 0.971. The van der Waals surface area contributed by atoms with Crippen LogP contribution in [0.5, 0.6) is 0 Å². The molecule has 1 nitrogen and oxygen atoms in total. The van der Waals surface area contributed by atoms with E-state index in [1.54, 1.807) is 0 Å². The first-order valence-electron chi connectivity index (χ1n) is 20.1. The first kappa shape index (κ1) is 32.0. The van der Waals surface area contributed by atoms with Crippen LogP contribution in [-0.4, -0.2) is 4.98 Å². The maximum absolute atomic E-state index is 4.91. The molecule has 268 valence electrons. The van der Waals surface area contributed by atoms with Gasteiger partial charge in [-0.05, 0) is 135 Å². The van der Waals surface area contributed by atoms with E-state index in [9.17, 15) is 0 Å². The Morgan fingerprint density at radius 2 is 0.828 bits per heavy atom. The first-order valence-corrected chi connectivity index (χ1v) is 20.9. The highest BCUT2D eigenvalue weighted by Crippen LogP contribution is 2.47. The summed E-state index contributed by atoms with van der Waals surface area (Å²) in [7, 11) is 0. The van der Waals surface area contributed by atoms with E-state index in [2.05, 4.69) is 176 Å². The van der Waals surface area contributed by atoms with Crippen molar-refractivity contribution in [2.75, 3.05) is 0 Å². The third-order valence-corrected chi connectivity index (χ3v) is 13.8. The van der Waals surface area contributed by atoms with Crippen LogP contribution in [0.25, 0.3) is 119 Å². The zero-order valence-corrected chi connectivity index (χ0v) is 32.3. The van der Waals surface area contributed by atoms with Crippen LogP contribution < -0.4 is 0 Å². The van der Waals surface area contributed by atoms with Gasteiger partial charge in [0.2, 0.25) is 0 Å². The van der Waals surface area contributed by atoms with Gasteiger partial charge >= 0.3 is 0 Å². The smallest absolute Gasteiger partial charge is 0.0362 e. The number of pyridine rings is 1. The minimum atomic E-state index is 0.997. The topological polar surface area (TPSA) is 12.9 Å². The molecule has 1 aliphatic rings. The fourth-order valence-electron chi connectivity index (χ4n) is 10.1. The van der Waals surface area contributed by atoms with E-state index in [1.165, 1.54) is 119 Å². The predicted octanol–water partition coefficient (Wildman–Crippen LogP) is 15.8. The Morgan fingerprint density at radius 3 is 1.52 bits per heavy atom. The van der Waals surface area contributed by atoms with Gasteiger partial charge in [-0.15, -0.1) is 11.3 Å². The molecule has 0 bridgehead atoms. The highest BCUT2D eigenvalue weighted by Gasteiger charge is 2.22. The summed E-state index contributed by atoms with van der Waals surface area (Å²) in [6.45, 7) is 0. The van der Waals surface area contributed by atoms with Gasteiger partial charge in [0.05, 0.1) is 0 Å². The van der Waals surface area contributed by atoms with Gasteiger partial charge in [0.15, 0.2) is 0 Å². The van der Waals surface area contributed by atoms with Gasteiger partial charge in [-0.1, -0.05) is 146 Å². The van der Waals surface area contributed by atoms with Gasteiger partial charge in [0, 0.05) is 43.7 Å². The second-order valence-corrected chi connectivity index (χ2v) is 16.9. The Morgan fingerprint density at radius 1 is 0.310 bits per heavy atom. The molecule has 0 spiro atoms. The molecular formula is C56H33NS. The predicted molar refractivity (Wildman–Crippen MR) is 249 cm³/mol. The van der Waals surface area contributed by atoms with Crippen molar-refractivity contribution in [2.24, 2.45) is 0 Å². The van der Waals surface area contributed by atoms with E-state index < -0.39 is 0 Å². The van der Waals surface area contributed by atoms with Crippen molar-refractivity contribution in [3.63, 3.8) is 0 Å². The third-order valence-electron chi connectivity index (χ3n) is 12.7. The summed E-state index contributed by atoms with van der Waals surface area (Å²) < 4.78 is 2.61. The monoisotopic (exact) mass is 751 g/mol. The van der Waals surface area contributed by atoms with Crippen molar-refractivity contribution in [2.45, 2.75) is 6.42 Å². The Hall–Kier alpha value is -7.13. The highest BCUT2D eigenvalue weighted by atomic mass is 32.1. The van der Waals surface area contributed by atoms with Crippen molar-refractivity contribution >= 4 is 85.4 Å². The lowest BCUT2D eigenvalue weighted by molar-refractivity contribution is 1.26. The van der Waals surface area contributed by atoms with E-state index in [0.29, 0.717) is 0 Å². The molecule has 10 aromatic carbocycles. The van der Waals surface area contributed by atoms with Crippen molar-refractivity contribution in [1.29, 1.82) is 0 Å². The largest absolute Gasteiger partial charge is 0.263 e. The van der Waals surface area contributed by atoms with Crippen molar-refractivity contribution in [3.05, 3.63) is 199 Å². The van der Waals surface area contributed by atoms with Gasteiger partial charge in [-0.25, -0.2) is 0 Å². The standard InChI is InChI=1S/C56H33NS/c1-2-12-39-34(11-1)25-35-21-22-36(27-49(35)39)55-45-17-7-9-19-47(45)56(48-20-10-8-18-46(48)55)38-26-37(31-57-32-38)33-23-24-44-52-29-50-42-15-5-3-13-40(42)41-14-4-6-16-43(41)51(50)30-54(52)58-53(44)28-33/h1-24,26-32H,25H2. The molecule has 0 saturated heterocycles. The molecule has 58 heavy (non-hydrogen) atoms. The van der Waals surface area contributed by atoms with Crippen molar-refractivity contribution in [3.8, 4) is 44.5 Å². The number of nitrogens with zero attached hydrogens (tertiary/aromatic N) is 1. The van der Waals surface area contributed by atoms with Crippen LogP contribution in [0.15, 0.2) is 188 Å². The normalized spacial score (nSPS) is 12.4. The van der Waals surface area contributed by atoms with Crippen LogP contribution in [0.2, 0.25) is 0 Å². The zero-order valence-electron chi connectivity index (χ0n) is 31.5. The minimum Gasteiger partial charge on any atom is -0.263 e. The fourth-order valence-corrected chi connectivity index (χ4v) is 11.3. The van der Waals surface area contributed by atoms with Crippen LogP contribution in [0.3, 0.4) is 0 Å². The second-order valence-electron chi connectivity index (χ2n) is 15.8. The first-order chi connectivity index (χ1) is 28.7. The van der Waals surface area contributed by atoms with Gasteiger partial charge < -0.3 is 0 Å². The molecule has 0 atom stereocenters. The van der Waals surface area contributed by atoms with Gasteiger partial charge in [0.25, 0.3) is 0 Å². The Bertz CT molecular complexity index is 3660. The maximum atomic E-state index is 4.91. The lowest BCUT2D eigenvalue weighted by Gasteiger charge is -2.18. The molecule has 0 radical (unpaired) electrons.